The molecule has 0 unspecified atom stereocenters. The molecule has 0 radical (unpaired) electrons. The minimum absolute atomic E-state index is 0.0671. The zero-order chi connectivity index (χ0) is 15.3. The first kappa shape index (κ1) is 16.0. The van der Waals surface area contributed by atoms with E-state index >= 15 is 0 Å². The lowest BCUT2D eigenvalue weighted by Crippen LogP contribution is -2.38. The van der Waals surface area contributed by atoms with Crippen molar-refractivity contribution >= 4 is 17.6 Å². The third kappa shape index (κ3) is 3.73. The molecule has 0 aliphatic carbocycles. The van der Waals surface area contributed by atoms with Crippen LogP contribution in [0.3, 0.4) is 0 Å². The van der Waals surface area contributed by atoms with E-state index in [2.05, 4.69) is 0 Å². The number of hydrogen-bond acceptors (Lipinski definition) is 3. The second-order valence-electron chi connectivity index (χ2n) is 4.73. The van der Waals surface area contributed by atoms with Gasteiger partial charge >= 0.3 is 5.97 Å². The van der Waals surface area contributed by atoms with Crippen molar-refractivity contribution in [3.05, 3.63) is 29.3 Å². The van der Waals surface area contributed by atoms with Gasteiger partial charge in [0.25, 0.3) is 0 Å². The van der Waals surface area contributed by atoms with Gasteiger partial charge in [0.15, 0.2) is 0 Å². The Kier molecular flexibility index (Phi) is 5.55. The van der Waals surface area contributed by atoms with Crippen LogP contribution in [0.2, 0.25) is 0 Å². The van der Waals surface area contributed by atoms with E-state index in [1.165, 1.54) is 0 Å². The second-order valence-corrected chi connectivity index (χ2v) is 4.73. The van der Waals surface area contributed by atoms with Crippen molar-refractivity contribution in [2.45, 2.75) is 20.8 Å². The number of rotatable bonds is 6. The molecule has 0 aliphatic heterocycles. The molecule has 1 amide bonds. The van der Waals surface area contributed by atoms with E-state index in [1.807, 2.05) is 25.8 Å². The fourth-order valence-electron chi connectivity index (χ4n) is 2.10. The summed E-state index contributed by atoms with van der Waals surface area (Å²) < 4.78 is 0. The zero-order valence-corrected chi connectivity index (χ0v) is 12.5. The summed E-state index contributed by atoms with van der Waals surface area (Å²) in [6.45, 7) is 7.33. The number of aryl methyl sites for hydroxylation is 1. The first-order valence-corrected chi connectivity index (χ1v) is 6.73. The van der Waals surface area contributed by atoms with Gasteiger partial charge in [0.05, 0.1) is 12.1 Å². The molecule has 0 saturated heterocycles. The van der Waals surface area contributed by atoms with Gasteiger partial charge in [-0.05, 0) is 44.5 Å². The van der Waals surface area contributed by atoms with Gasteiger partial charge in [-0.2, -0.15) is 0 Å². The molecule has 1 N–H and O–H groups in total. The Morgan fingerprint density at radius 2 is 1.80 bits per heavy atom. The molecule has 0 atom stereocenters. The molecule has 1 aromatic carbocycles. The molecule has 0 saturated carbocycles. The van der Waals surface area contributed by atoms with E-state index in [4.69, 9.17) is 5.11 Å². The molecular formula is C15H22N2O3. The molecule has 0 aliphatic rings. The number of aromatic carboxylic acids is 1. The number of likely N-dealkylation sites (N-methyl/N-ethyl adjacent to an activating group) is 2. The van der Waals surface area contributed by atoms with Crippen LogP contribution in [-0.2, 0) is 4.79 Å². The molecule has 0 spiro atoms. The van der Waals surface area contributed by atoms with Gasteiger partial charge in [0.1, 0.15) is 0 Å². The number of benzene rings is 1. The summed E-state index contributed by atoms with van der Waals surface area (Å²) in [5, 5.41) is 9.00. The molecule has 110 valence electrons. The topological polar surface area (TPSA) is 60.9 Å². The fourth-order valence-corrected chi connectivity index (χ4v) is 2.10. The summed E-state index contributed by atoms with van der Waals surface area (Å²) in [6.07, 6.45) is 0. The molecular weight excluding hydrogens is 256 g/mol. The molecule has 5 nitrogen and oxygen atoms in total. The Labute approximate surface area is 119 Å². The maximum Gasteiger partial charge on any atom is 0.335 e. The standard InChI is InChI=1S/C15H22N2O3/c1-5-17(6-2)14(18)10-16(4)12-7-8-13(15(19)20)11(3)9-12/h7-9H,5-6,10H2,1-4H3,(H,19,20). The van der Waals surface area contributed by atoms with Crippen LogP contribution in [0.15, 0.2) is 18.2 Å². The quantitative estimate of drug-likeness (QED) is 0.864. The number of carbonyl (C=O) groups excluding carboxylic acids is 1. The van der Waals surface area contributed by atoms with Gasteiger partial charge in [-0.1, -0.05) is 0 Å². The number of carbonyl (C=O) groups is 2. The van der Waals surface area contributed by atoms with Gasteiger partial charge in [-0.15, -0.1) is 0 Å². The summed E-state index contributed by atoms with van der Waals surface area (Å²) in [6, 6.07) is 5.09. The Bertz CT molecular complexity index is 496. The molecule has 0 aromatic heterocycles. The van der Waals surface area contributed by atoms with Crippen LogP contribution in [0.25, 0.3) is 0 Å². The third-order valence-corrected chi connectivity index (χ3v) is 3.37. The highest BCUT2D eigenvalue weighted by atomic mass is 16.4. The predicted octanol–water partition coefficient (Wildman–Crippen LogP) is 2.00. The summed E-state index contributed by atoms with van der Waals surface area (Å²) in [4.78, 5) is 26.6. The molecule has 0 fully saturated rings. The Morgan fingerprint density at radius 3 is 2.25 bits per heavy atom. The van der Waals surface area contributed by atoms with Crippen LogP contribution in [-0.4, -0.2) is 48.6 Å². The van der Waals surface area contributed by atoms with Crippen molar-refractivity contribution in [2.75, 3.05) is 31.6 Å². The van der Waals surface area contributed by atoms with E-state index in [0.29, 0.717) is 18.7 Å². The largest absolute Gasteiger partial charge is 0.478 e. The van der Waals surface area contributed by atoms with E-state index in [1.54, 1.807) is 30.0 Å². The summed E-state index contributed by atoms with van der Waals surface area (Å²) >= 11 is 0. The van der Waals surface area contributed by atoms with Gasteiger partial charge < -0.3 is 14.9 Å². The van der Waals surface area contributed by atoms with Crippen molar-refractivity contribution < 1.29 is 14.7 Å². The minimum atomic E-state index is -0.934. The Balaban J connectivity index is 2.83. The maximum absolute atomic E-state index is 12.0. The van der Waals surface area contributed by atoms with Gasteiger partial charge in [0.2, 0.25) is 5.91 Å². The lowest BCUT2D eigenvalue weighted by Gasteiger charge is -2.24. The van der Waals surface area contributed by atoms with E-state index < -0.39 is 5.97 Å². The van der Waals surface area contributed by atoms with Crippen LogP contribution in [0.5, 0.6) is 0 Å². The monoisotopic (exact) mass is 278 g/mol. The first-order chi connectivity index (χ1) is 9.40. The fraction of sp³-hybridized carbons (Fsp3) is 0.467. The number of hydrogen-bond donors (Lipinski definition) is 1. The highest BCUT2D eigenvalue weighted by Gasteiger charge is 2.14. The summed E-state index contributed by atoms with van der Waals surface area (Å²) in [5.41, 5.74) is 1.82. The maximum atomic E-state index is 12.0. The summed E-state index contributed by atoms with van der Waals surface area (Å²) in [5.74, 6) is -0.867. The van der Waals surface area contributed by atoms with Gasteiger partial charge in [0, 0.05) is 25.8 Å². The number of amides is 1. The predicted molar refractivity (Wildman–Crippen MR) is 79.3 cm³/mol. The SMILES string of the molecule is CCN(CC)C(=O)CN(C)c1ccc(C(=O)O)c(C)c1. The van der Waals surface area contributed by atoms with E-state index in [9.17, 15) is 9.59 Å². The smallest absolute Gasteiger partial charge is 0.335 e. The Morgan fingerprint density at radius 1 is 1.20 bits per heavy atom. The molecule has 20 heavy (non-hydrogen) atoms. The average Bonchev–Trinajstić information content (AvgIpc) is 2.39. The third-order valence-electron chi connectivity index (χ3n) is 3.37. The first-order valence-electron chi connectivity index (χ1n) is 6.73. The number of carboxylic acids is 1. The van der Waals surface area contributed by atoms with Gasteiger partial charge in [-0.25, -0.2) is 4.79 Å². The average molecular weight is 278 g/mol. The molecule has 5 heteroatoms. The normalized spacial score (nSPS) is 10.2. The van der Waals surface area contributed by atoms with Crippen molar-refractivity contribution in [3.63, 3.8) is 0 Å². The van der Waals surface area contributed by atoms with Crippen molar-refractivity contribution in [1.82, 2.24) is 4.90 Å². The molecule has 0 heterocycles. The van der Waals surface area contributed by atoms with Crippen LogP contribution in [0.4, 0.5) is 5.69 Å². The highest BCUT2D eigenvalue weighted by Crippen LogP contribution is 2.18. The lowest BCUT2D eigenvalue weighted by atomic mass is 10.1. The minimum Gasteiger partial charge on any atom is -0.478 e. The van der Waals surface area contributed by atoms with Crippen LogP contribution in [0.1, 0.15) is 29.8 Å². The van der Waals surface area contributed by atoms with Crippen molar-refractivity contribution in [3.8, 4) is 0 Å². The van der Waals surface area contributed by atoms with Crippen LogP contribution in [0, 0.1) is 6.92 Å². The highest BCUT2D eigenvalue weighted by molar-refractivity contribution is 5.90. The molecule has 1 aromatic rings. The van der Waals surface area contributed by atoms with Crippen LogP contribution >= 0.6 is 0 Å². The molecule has 0 bridgehead atoms. The molecule has 1 rings (SSSR count). The van der Waals surface area contributed by atoms with Crippen molar-refractivity contribution in [1.29, 1.82) is 0 Å². The summed E-state index contributed by atoms with van der Waals surface area (Å²) in [7, 11) is 1.83. The zero-order valence-electron chi connectivity index (χ0n) is 12.5. The lowest BCUT2D eigenvalue weighted by molar-refractivity contribution is -0.129. The van der Waals surface area contributed by atoms with Crippen molar-refractivity contribution in [2.24, 2.45) is 0 Å². The van der Waals surface area contributed by atoms with Gasteiger partial charge in [-0.3, -0.25) is 4.79 Å². The van der Waals surface area contributed by atoms with Crippen LogP contribution < -0.4 is 4.90 Å². The van der Waals surface area contributed by atoms with E-state index in [-0.39, 0.29) is 18.0 Å². The Hall–Kier alpha value is -2.04. The number of carboxylic acid groups (broad SMARTS) is 1. The second kappa shape index (κ2) is 6.93. The van der Waals surface area contributed by atoms with E-state index in [0.717, 1.165) is 5.69 Å². The number of nitrogens with zero attached hydrogens (tertiary/aromatic N) is 2. The number of anilines is 1.